The summed E-state index contributed by atoms with van der Waals surface area (Å²) in [4.78, 5) is 18.6. The zero-order chi connectivity index (χ0) is 19.8. The van der Waals surface area contributed by atoms with E-state index in [1.807, 2.05) is 31.2 Å². The smallest absolute Gasteiger partial charge is 0.274 e. The van der Waals surface area contributed by atoms with Gasteiger partial charge in [-0.1, -0.05) is 0 Å². The number of anilines is 1. The third-order valence-electron chi connectivity index (χ3n) is 5.31. The summed E-state index contributed by atoms with van der Waals surface area (Å²) in [5.74, 6) is 3.09. The van der Waals surface area contributed by atoms with Crippen LogP contribution in [0.25, 0.3) is 5.65 Å². The zero-order valence-corrected chi connectivity index (χ0v) is 16.2. The lowest BCUT2D eigenvalue weighted by atomic mass is 10.1. The summed E-state index contributed by atoms with van der Waals surface area (Å²) >= 11 is 0. The minimum atomic E-state index is -0.170. The number of hydrogen-bond donors (Lipinski definition) is 0. The summed E-state index contributed by atoms with van der Waals surface area (Å²) < 4.78 is 18.7. The van der Waals surface area contributed by atoms with Gasteiger partial charge in [0, 0.05) is 44.3 Å². The molecule has 4 heterocycles. The number of aromatic nitrogens is 3. The van der Waals surface area contributed by atoms with Gasteiger partial charge < -0.3 is 19.1 Å². The van der Waals surface area contributed by atoms with Gasteiger partial charge in [-0.15, -0.1) is 5.10 Å². The van der Waals surface area contributed by atoms with Crippen LogP contribution in [0.5, 0.6) is 17.2 Å². The van der Waals surface area contributed by atoms with Crippen LogP contribution in [0.3, 0.4) is 0 Å². The molecule has 0 amide bonds. The molecule has 0 radical (unpaired) electrons. The molecule has 0 bridgehead atoms. The molecule has 29 heavy (non-hydrogen) atoms. The second kappa shape index (κ2) is 7.27. The van der Waals surface area contributed by atoms with Crippen LogP contribution >= 0.6 is 0 Å². The quantitative estimate of drug-likeness (QED) is 0.674. The molecule has 0 saturated carbocycles. The lowest BCUT2D eigenvalue weighted by Gasteiger charge is -2.33. The van der Waals surface area contributed by atoms with Crippen molar-refractivity contribution in [1.29, 1.82) is 0 Å². The summed E-state index contributed by atoms with van der Waals surface area (Å²) in [5.41, 5.74) is 1.36. The van der Waals surface area contributed by atoms with Crippen molar-refractivity contribution < 1.29 is 14.2 Å². The van der Waals surface area contributed by atoms with Crippen molar-refractivity contribution in [2.45, 2.75) is 25.9 Å². The Bertz CT molecular complexity index is 1110. The Morgan fingerprint density at radius 1 is 1.07 bits per heavy atom. The maximum atomic E-state index is 12.1. The number of aryl methyl sites for hydroxylation is 1. The van der Waals surface area contributed by atoms with Gasteiger partial charge in [-0.2, -0.15) is 4.52 Å². The molecule has 0 unspecified atom stereocenters. The predicted octanol–water partition coefficient (Wildman–Crippen LogP) is 2.22. The molecule has 0 spiro atoms. The predicted molar refractivity (Wildman–Crippen MR) is 107 cm³/mol. The highest BCUT2D eigenvalue weighted by molar-refractivity contribution is 5.52. The molecule has 1 fully saturated rings. The van der Waals surface area contributed by atoms with Crippen molar-refractivity contribution in [3.8, 4) is 17.2 Å². The van der Waals surface area contributed by atoms with Crippen LogP contribution in [0.2, 0.25) is 0 Å². The maximum Gasteiger partial charge on any atom is 0.274 e. The lowest BCUT2D eigenvalue weighted by Crippen LogP contribution is -2.39. The number of nitrogens with zero attached hydrogens (tertiary/aromatic N) is 4. The number of benzene rings is 1. The van der Waals surface area contributed by atoms with Crippen molar-refractivity contribution >= 4 is 11.5 Å². The number of fused-ring (bicyclic) bond motifs is 2. The highest BCUT2D eigenvalue weighted by Crippen LogP contribution is 2.34. The van der Waals surface area contributed by atoms with Gasteiger partial charge in [0.2, 0.25) is 0 Å². The topological polar surface area (TPSA) is 78.2 Å². The third kappa shape index (κ3) is 3.46. The van der Waals surface area contributed by atoms with E-state index in [-0.39, 0.29) is 11.7 Å². The van der Waals surface area contributed by atoms with Crippen LogP contribution in [0.4, 0.5) is 5.82 Å². The van der Waals surface area contributed by atoms with Crippen molar-refractivity contribution in [3.63, 3.8) is 0 Å². The van der Waals surface area contributed by atoms with E-state index in [4.69, 9.17) is 14.2 Å². The summed E-state index contributed by atoms with van der Waals surface area (Å²) in [6.45, 7) is 4.71. The first-order chi connectivity index (χ1) is 14.2. The van der Waals surface area contributed by atoms with Gasteiger partial charge >= 0.3 is 0 Å². The van der Waals surface area contributed by atoms with Crippen LogP contribution in [-0.4, -0.2) is 47.0 Å². The van der Waals surface area contributed by atoms with E-state index in [0.717, 1.165) is 54.6 Å². The molecule has 1 saturated heterocycles. The van der Waals surface area contributed by atoms with Crippen LogP contribution in [0, 0.1) is 6.92 Å². The van der Waals surface area contributed by atoms with Crippen molar-refractivity contribution in [2.75, 3.05) is 31.2 Å². The van der Waals surface area contributed by atoms with E-state index in [1.54, 1.807) is 0 Å². The van der Waals surface area contributed by atoms with E-state index in [1.165, 1.54) is 16.8 Å². The minimum absolute atomic E-state index is 0.125. The van der Waals surface area contributed by atoms with Crippen molar-refractivity contribution in [2.24, 2.45) is 0 Å². The fraction of sp³-hybridized carbons (Fsp3) is 0.381. The molecule has 2 aliphatic rings. The summed E-state index contributed by atoms with van der Waals surface area (Å²) in [6.07, 6.45) is 3.39. The number of piperidine rings is 1. The first-order valence-electron chi connectivity index (χ1n) is 9.84. The normalized spacial score (nSPS) is 16.8. The highest BCUT2D eigenvalue weighted by atomic mass is 16.6. The monoisotopic (exact) mass is 394 g/mol. The number of hydrogen-bond acceptors (Lipinski definition) is 7. The minimum Gasteiger partial charge on any atom is -0.490 e. The SMILES string of the molecule is Cc1cc(N2CCC(Oc3ccc4c(c3)OCCO4)CC2)nn2c(=O)ccnc12. The largest absolute Gasteiger partial charge is 0.490 e. The Labute approximate surface area is 167 Å². The Kier molecular flexibility index (Phi) is 4.46. The van der Waals surface area contributed by atoms with Crippen LogP contribution in [0.15, 0.2) is 41.3 Å². The molecular formula is C21H22N4O4. The summed E-state index contributed by atoms with van der Waals surface area (Å²) in [5, 5.41) is 4.51. The summed E-state index contributed by atoms with van der Waals surface area (Å²) in [7, 11) is 0. The molecular weight excluding hydrogens is 372 g/mol. The van der Waals surface area contributed by atoms with E-state index >= 15 is 0 Å². The first kappa shape index (κ1) is 17.8. The van der Waals surface area contributed by atoms with Gasteiger partial charge in [-0.05, 0) is 30.7 Å². The molecule has 8 heteroatoms. The molecule has 1 aromatic carbocycles. The zero-order valence-electron chi connectivity index (χ0n) is 16.2. The fourth-order valence-corrected chi connectivity index (χ4v) is 3.80. The lowest BCUT2D eigenvalue weighted by molar-refractivity contribution is 0.159. The highest BCUT2D eigenvalue weighted by Gasteiger charge is 2.23. The molecule has 150 valence electrons. The van der Waals surface area contributed by atoms with E-state index in [0.29, 0.717) is 18.9 Å². The van der Waals surface area contributed by atoms with Crippen molar-refractivity contribution in [1.82, 2.24) is 14.6 Å². The second-order valence-corrected chi connectivity index (χ2v) is 7.31. The van der Waals surface area contributed by atoms with Gasteiger partial charge in [0.1, 0.15) is 30.9 Å². The standard InChI is InChI=1S/C21H22N4O4/c1-14-12-19(23-25-20(26)4-7-22-21(14)25)24-8-5-15(6-9-24)29-16-2-3-17-18(13-16)28-11-10-27-17/h2-4,7,12-13,15H,5-6,8-11H2,1H3. The Morgan fingerprint density at radius 2 is 1.86 bits per heavy atom. The molecule has 0 atom stereocenters. The Hall–Kier alpha value is -3.29. The first-order valence-corrected chi connectivity index (χ1v) is 9.84. The maximum absolute atomic E-state index is 12.1. The molecule has 2 aliphatic heterocycles. The number of rotatable bonds is 3. The van der Waals surface area contributed by atoms with Gasteiger partial charge in [0.05, 0.1) is 0 Å². The van der Waals surface area contributed by atoms with Gasteiger partial charge in [-0.3, -0.25) is 4.79 Å². The summed E-state index contributed by atoms with van der Waals surface area (Å²) in [6, 6.07) is 9.13. The molecule has 8 nitrogen and oxygen atoms in total. The Balaban J connectivity index is 1.28. The van der Waals surface area contributed by atoms with Crippen LogP contribution < -0.4 is 24.7 Å². The molecule has 3 aromatic rings. The van der Waals surface area contributed by atoms with Crippen molar-refractivity contribution in [3.05, 3.63) is 52.4 Å². The molecule has 0 N–H and O–H groups in total. The molecule has 0 aliphatic carbocycles. The average Bonchev–Trinajstić information content (AvgIpc) is 2.75. The van der Waals surface area contributed by atoms with E-state index in [2.05, 4.69) is 15.0 Å². The fourth-order valence-electron chi connectivity index (χ4n) is 3.80. The molecule has 5 rings (SSSR count). The van der Waals surface area contributed by atoms with Crippen LogP contribution in [0.1, 0.15) is 18.4 Å². The van der Waals surface area contributed by atoms with Gasteiger partial charge in [0.15, 0.2) is 17.1 Å². The van der Waals surface area contributed by atoms with Crippen LogP contribution in [-0.2, 0) is 0 Å². The average molecular weight is 394 g/mol. The molecule has 2 aromatic heterocycles. The number of ether oxygens (including phenoxy) is 3. The van der Waals surface area contributed by atoms with E-state index in [9.17, 15) is 4.79 Å². The van der Waals surface area contributed by atoms with E-state index < -0.39 is 0 Å². The van der Waals surface area contributed by atoms with Gasteiger partial charge in [-0.25, -0.2) is 4.98 Å². The Morgan fingerprint density at radius 3 is 2.69 bits per heavy atom. The second-order valence-electron chi connectivity index (χ2n) is 7.31. The van der Waals surface area contributed by atoms with Gasteiger partial charge in [0.25, 0.3) is 5.56 Å². The third-order valence-corrected chi connectivity index (χ3v) is 5.31.